The number of hydrogen-bond donors (Lipinski definition) is 1. The van der Waals surface area contributed by atoms with E-state index >= 15 is 0 Å². The number of benzene rings is 1. The van der Waals surface area contributed by atoms with Gasteiger partial charge >= 0.3 is 0 Å². The summed E-state index contributed by atoms with van der Waals surface area (Å²) in [7, 11) is 2.02. The lowest BCUT2D eigenvalue weighted by molar-refractivity contribution is 0.0534. The van der Waals surface area contributed by atoms with Gasteiger partial charge in [-0.15, -0.1) is 0 Å². The molecule has 0 unspecified atom stereocenters. The summed E-state index contributed by atoms with van der Waals surface area (Å²) in [6.07, 6.45) is 3.50. The number of halogens is 1. The van der Waals surface area contributed by atoms with Gasteiger partial charge in [-0.25, -0.2) is 9.37 Å². The monoisotopic (exact) mass is 302 g/mol. The fourth-order valence-electron chi connectivity index (χ4n) is 2.77. The number of hydrogen-bond acceptors (Lipinski definition) is 3. The molecule has 1 aromatic heterocycles. The van der Waals surface area contributed by atoms with Crippen molar-refractivity contribution in [3.63, 3.8) is 0 Å². The molecule has 2 heterocycles. The van der Waals surface area contributed by atoms with Gasteiger partial charge < -0.3 is 9.88 Å². The van der Waals surface area contributed by atoms with E-state index in [1.165, 1.54) is 6.07 Å². The van der Waals surface area contributed by atoms with Gasteiger partial charge in [0, 0.05) is 37.6 Å². The largest absolute Gasteiger partial charge is 0.347 e. The molecule has 1 N–H and O–H groups in total. The summed E-state index contributed by atoms with van der Waals surface area (Å²) in [5, 5.41) is 0. The molecule has 3 rings (SSSR count). The highest BCUT2D eigenvalue weighted by Gasteiger charge is 2.30. The lowest BCUT2D eigenvalue weighted by Crippen LogP contribution is -2.49. The number of H-pyrrole nitrogens is 1. The van der Waals surface area contributed by atoms with E-state index in [1.54, 1.807) is 36.4 Å². The molecule has 0 spiro atoms. The normalized spacial score (nSPS) is 19.4. The molecule has 1 atom stereocenters. The van der Waals surface area contributed by atoms with Crippen LogP contribution in [-0.2, 0) is 0 Å². The molecular formula is C16H19FN4O. The Kier molecular flexibility index (Phi) is 3.94. The predicted octanol–water partition coefficient (Wildman–Crippen LogP) is 1.99. The molecule has 1 saturated heterocycles. The number of rotatable bonds is 2. The average molecular weight is 302 g/mol. The molecule has 1 fully saturated rings. The molecule has 116 valence electrons. The van der Waals surface area contributed by atoms with Gasteiger partial charge in [-0.2, -0.15) is 0 Å². The molecule has 2 aromatic rings. The Bertz CT molecular complexity index is 671. The van der Waals surface area contributed by atoms with E-state index < -0.39 is 0 Å². The Morgan fingerprint density at radius 1 is 1.41 bits per heavy atom. The lowest BCUT2D eigenvalue weighted by atomic mass is 10.1. The smallest absolute Gasteiger partial charge is 0.253 e. The molecule has 6 heteroatoms. The number of piperazine rings is 1. The number of aryl methyl sites for hydroxylation is 1. The first-order chi connectivity index (χ1) is 10.6. The number of nitrogens with one attached hydrogen (secondary N) is 1. The number of aromatic amines is 1. The third-order valence-corrected chi connectivity index (χ3v) is 4.18. The van der Waals surface area contributed by atoms with Crippen LogP contribution in [0.15, 0.2) is 30.6 Å². The molecule has 0 aliphatic carbocycles. The van der Waals surface area contributed by atoms with Gasteiger partial charge in [0.1, 0.15) is 11.6 Å². The minimum Gasteiger partial charge on any atom is -0.347 e. The van der Waals surface area contributed by atoms with Crippen molar-refractivity contribution in [3.8, 4) is 0 Å². The van der Waals surface area contributed by atoms with Crippen LogP contribution in [0, 0.1) is 12.7 Å². The second-order valence-electron chi connectivity index (χ2n) is 5.69. The van der Waals surface area contributed by atoms with E-state index in [4.69, 9.17) is 0 Å². The van der Waals surface area contributed by atoms with Crippen LogP contribution < -0.4 is 0 Å². The molecule has 22 heavy (non-hydrogen) atoms. The van der Waals surface area contributed by atoms with Crippen LogP contribution >= 0.6 is 0 Å². The number of carbonyl (C=O) groups excluding carboxylic acids is 1. The maximum absolute atomic E-state index is 13.4. The van der Waals surface area contributed by atoms with Crippen molar-refractivity contribution in [1.82, 2.24) is 19.8 Å². The van der Waals surface area contributed by atoms with Gasteiger partial charge in [0.25, 0.3) is 5.91 Å². The standard InChI is InChI=1S/C16H19FN4O/c1-11-9-12(3-4-13(11)17)16(22)21-8-7-20(2)14(10-21)15-18-5-6-19-15/h3-6,9,14H,7-8,10H2,1-2H3,(H,18,19)/t14-/m1/s1. The summed E-state index contributed by atoms with van der Waals surface area (Å²) in [6, 6.07) is 4.56. The maximum atomic E-state index is 13.4. The lowest BCUT2D eigenvalue weighted by Gasteiger charge is -2.38. The van der Waals surface area contributed by atoms with E-state index in [9.17, 15) is 9.18 Å². The molecule has 5 nitrogen and oxygen atoms in total. The molecule has 1 amide bonds. The van der Waals surface area contributed by atoms with Crippen LogP contribution in [0.25, 0.3) is 0 Å². The third kappa shape index (κ3) is 2.74. The summed E-state index contributed by atoms with van der Waals surface area (Å²) in [4.78, 5) is 24.0. The highest BCUT2D eigenvalue weighted by molar-refractivity contribution is 5.94. The molecule has 0 bridgehead atoms. The van der Waals surface area contributed by atoms with Crippen molar-refractivity contribution in [2.24, 2.45) is 0 Å². The van der Waals surface area contributed by atoms with Crippen molar-refractivity contribution in [3.05, 3.63) is 53.4 Å². The Balaban J connectivity index is 1.79. The summed E-state index contributed by atoms with van der Waals surface area (Å²) >= 11 is 0. The van der Waals surface area contributed by atoms with Gasteiger partial charge in [-0.1, -0.05) is 0 Å². The first kappa shape index (κ1) is 14.7. The van der Waals surface area contributed by atoms with Crippen molar-refractivity contribution in [1.29, 1.82) is 0 Å². The average Bonchev–Trinajstić information content (AvgIpc) is 3.04. The number of amides is 1. The number of imidazole rings is 1. The number of carbonyl (C=O) groups is 1. The summed E-state index contributed by atoms with van der Waals surface area (Å²) in [5.74, 6) is 0.506. The van der Waals surface area contributed by atoms with Gasteiger partial charge in [0.15, 0.2) is 0 Å². The van der Waals surface area contributed by atoms with Crippen LogP contribution in [0.3, 0.4) is 0 Å². The van der Waals surface area contributed by atoms with Crippen LogP contribution in [0.1, 0.15) is 27.8 Å². The van der Waals surface area contributed by atoms with Gasteiger partial charge in [0.2, 0.25) is 0 Å². The third-order valence-electron chi connectivity index (χ3n) is 4.18. The van der Waals surface area contributed by atoms with Gasteiger partial charge in [-0.05, 0) is 37.7 Å². The van der Waals surface area contributed by atoms with E-state index in [2.05, 4.69) is 14.9 Å². The van der Waals surface area contributed by atoms with Crippen molar-refractivity contribution >= 4 is 5.91 Å². The Labute approximate surface area is 128 Å². The highest BCUT2D eigenvalue weighted by atomic mass is 19.1. The second-order valence-corrected chi connectivity index (χ2v) is 5.69. The van der Waals surface area contributed by atoms with Crippen molar-refractivity contribution < 1.29 is 9.18 Å². The highest BCUT2D eigenvalue weighted by Crippen LogP contribution is 2.22. The predicted molar refractivity (Wildman–Crippen MR) is 81.0 cm³/mol. The SMILES string of the molecule is Cc1cc(C(=O)N2CCN(C)[C@@H](c3ncc[nH]3)C2)ccc1F. The summed E-state index contributed by atoms with van der Waals surface area (Å²) < 4.78 is 13.4. The Hall–Kier alpha value is -2.21. The zero-order chi connectivity index (χ0) is 15.7. The fourth-order valence-corrected chi connectivity index (χ4v) is 2.77. The minimum absolute atomic E-state index is 0.0502. The second kappa shape index (κ2) is 5.88. The molecular weight excluding hydrogens is 283 g/mol. The molecule has 0 radical (unpaired) electrons. The first-order valence-corrected chi connectivity index (χ1v) is 7.31. The van der Waals surface area contributed by atoms with E-state index in [1.807, 2.05) is 7.05 Å². The van der Waals surface area contributed by atoms with Gasteiger partial charge in [0.05, 0.1) is 6.04 Å². The summed E-state index contributed by atoms with van der Waals surface area (Å²) in [5.41, 5.74) is 1.02. The zero-order valence-electron chi connectivity index (χ0n) is 12.7. The molecule has 0 saturated carbocycles. The van der Waals surface area contributed by atoms with Crippen LogP contribution in [-0.4, -0.2) is 52.4 Å². The van der Waals surface area contributed by atoms with Crippen molar-refractivity contribution in [2.45, 2.75) is 13.0 Å². The van der Waals surface area contributed by atoms with Crippen LogP contribution in [0.2, 0.25) is 0 Å². The van der Waals surface area contributed by atoms with Crippen molar-refractivity contribution in [2.75, 3.05) is 26.7 Å². The summed E-state index contributed by atoms with van der Waals surface area (Å²) in [6.45, 7) is 3.67. The van der Waals surface area contributed by atoms with Gasteiger partial charge in [-0.3, -0.25) is 9.69 Å². The van der Waals surface area contributed by atoms with E-state index in [0.29, 0.717) is 24.2 Å². The van der Waals surface area contributed by atoms with Crippen LogP contribution in [0.4, 0.5) is 4.39 Å². The molecule has 1 aliphatic rings. The quantitative estimate of drug-likeness (QED) is 0.923. The van der Waals surface area contributed by atoms with E-state index in [-0.39, 0.29) is 17.8 Å². The fraction of sp³-hybridized carbons (Fsp3) is 0.375. The number of aromatic nitrogens is 2. The molecule has 1 aromatic carbocycles. The Morgan fingerprint density at radius 2 is 2.23 bits per heavy atom. The topological polar surface area (TPSA) is 52.2 Å². The van der Waals surface area contributed by atoms with Crippen LogP contribution in [0.5, 0.6) is 0 Å². The number of likely N-dealkylation sites (N-methyl/N-ethyl adjacent to an activating group) is 1. The number of nitrogens with zero attached hydrogens (tertiary/aromatic N) is 3. The minimum atomic E-state index is -0.289. The maximum Gasteiger partial charge on any atom is 0.253 e. The first-order valence-electron chi connectivity index (χ1n) is 7.31. The molecule has 1 aliphatic heterocycles. The zero-order valence-corrected chi connectivity index (χ0v) is 12.7. The van der Waals surface area contributed by atoms with E-state index in [0.717, 1.165) is 12.4 Å². The Morgan fingerprint density at radius 3 is 2.91 bits per heavy atom.